The molecule has 0 spiro atoms. The van der Waals surface area contributed by atoms with Crippen LogP contribution in [-0.2, 0) is 26.5 Å². The zero-order valence-electron chi connectivity index (χ0n) is 33.8. The molecule has 0 saturated carbocycles. The second-order valence-corrected chi connectivity index (χ2v) is 24.8. The first-order valence-electron chi connectivity index (χ1n) is 18.5. The fourth-order valence-electron chi connectivity index (χ4n) is 5.74. The molecule has 3 heterocycles. The number of furan rings is 1. The van der Waals surface area contributed by atoms with Crippen molar-refractivity contribution in [2.24, 2.45) is 5.41 Å². The first-order valence-corrected chi connectivity index (χ1v) is 23.3. The fraction of sp³-hybridized carbons (Fsp3) is 0.256. The van der Waals surface area contributed by atoms with Crippen molar-refractivity contribution < 1.29 is 31.4 Å². The van der Waals surface area contributed by atoms with Crippen molar-refractivity contribution in [3.8, 4) is 22.5 Å². The maximum atomic E-state index is 8.65. The summed E-state index contributed by atoms with van der Waals surface area (Å²) in [6.45, 7) is 9.27. The Labute approximate surface area is 309 Å². The van der Waals surface area contributed by atoms with E-state index in [4.69, 9.17) is 11.3 Å². The quantitative estimate of drug-likeness (QED) is 0.128. The van der Waals surface area contributed by atoms with Crippen LogP contribution in [-0.4, -0.2) is 23.2 Å². The minimum atomic E-state index is -2.03. The first-order chi connectivity index (χ1) is 24.3. The molecule has 3 aromatic heterocycles. The summed E-state index contributed by atoms with van der Waals surface area (Å²) in [6.07, 6.45) is -0.0864. The van der Waals surface area contributed by atoms with Gasteiger partial charge in [-0.05, 0) is 46.4 Å². The first kappa shape index (κ1) is 29.4. The van der Waals surface area contributed by atoms with E-state index in [0.717, 1.165) is 43.9 Å². The molecule has 7 rings (SSSR count). The van der Waals surface area contributed by atoms with Crippen molar-refractivity contribution in [2.75, 3.05) is 0 Å². The summed E-state index contributed by atoms with van der Waals surface area (Å²) in [4.78, 5) is 8.92. The molecule has 0 aliphatic carbocycles. The van der Waals surface area contributed by atoms with Gasteiger partial charge in [0.05, 0.1) is 8.32 Å². The molecule has 4 aromatic carbocycles. The predicted molar refractivity (Wildman–Crippen MR) is 202 cm³/mol. The van der Waals surface area contributed by atoms with E-state index in [0.29, 0.717) is 16.8 Å². The zero-order valence-corrected chi connectivity index (χ0v) is 33.3. The Balaban J connectivity index is 0.000000223. The van der Waals surface area contributed by atoms with Crippen LogP contribution in [0, 0.1) is 17.5 Å². The van der Waals surface area contributed by atoms with Gasteiger partial charge in [0.15, 0.2) is 0 Å². The molecule has 0 aliphatic rings. The van der Waals surface area contributed by atoms with Gasteiger partial charge in [0.2, 0.25) is 0 Å². The van der Waals surface area contributed by atoms with Gasteiger partial charge in [0, 0.05) is 34.4 Å². The molecule has 1 radical (unpaired) electrons. The van der Waals surface area contributed by atoms with Gasteiger partial charge in [-0.25, -0.2) is 0 Å². The Bertz CT molecular complexity index is 2430. The van der Waals surface area contributed by atoms with Crippen molar-refractivity contribution in [1.82, 2.24) is 9.97 Å². The van der Waals surface area contributed by atoms with Crippen LogP contribution in [0.15, 0.2) is 108 Å². The van der Waals surface area contributed by atoms with E-state index in [2.05, 4.69) is 57.6 Å². The molecule has 0 atom stereocenters. The van der Waals surface area contributed by atoms with Crippen LogP contribution in [0.2, 0.25) is 17.3 Å². The van der Waals surface area contributed by atoms with Crippen molar-refractivity contribution in [3.05, 3.63) is 127 Å². The van der Waals surface area contributed by atoms with Crippen LogP contribution in [0.3, 0.4) is 0 Å². The van der Waals surface area contributed by atoms with E-state index in [9.17, 15) is 0 Å². The molecule has 247 valence electrons. The van der Waals surface area contributed by atoms with Crippen LogP contribution in [0.25, 0.3) is 55.2 Å². The minimum absolute atomic E-state index is 0. The minimum Gasteiger partial charge on any atom is -0.501 e. The van der Waals surface area contributed by atoms with Crippen LogP contribution >= 0.6 is 0 Å². The molecule has 5 heteroatoms. The number of benzene rings is 4. The van der Waals surface area contributed by atoms with Crippen LogP contribution in [0.4, 0.5) is 0 Å². The fourth-order valence-corrected chi connectivity index (χ4v) is 9.06. The van der Waals surface area contributed by atoms with Crippen LogP contribution in [0.5, 0.6) is 0 Å². The summed E-state index contributed by atoms with van der Waals surface area (Å²) in [5.41, 5.74) is 4.67. The average molecular weight is 875 g/mol. The van der Waals surface area contributed by atoms with E-state index in [1.54, 1.807) is 32.9 Å². The number of aromatic nitrogens is 2. The second kappa shape index (κ2) is 14.5. The average Bonchev–Trinajstić information content (AvgIpc) is 3.45. The molecule has 0 N–H and O–H groups in total. The molecule has 3 nitrogen and oxygen atoms in total. The third kappa shape index (κ3) is 8.00. The SMILES string of the molecule is [2H]C(C)(C)c1cc(-c2[c-]cccc2)nc[c]1[Ge]([CH3])([CH3])[CH3].[2H]c1nc(-c2[c-]ccc3c2oc2cc4ccccc4cc23)cc(C([2H])([2H])C(C)(C)C)c1[2H].[Ir]. The van der Waals surface area contributed by atoms with Crippen molar-refractivity contribution in [3.63, 3.8) is 0 Å². The molecule has 0 unspecified atom stereocenters. The second-order valence-electron chi connectivity index (χ2n) is 14.2. The van der Waals surface area contributed by atoms with Gasteiger partial charge >= 0.3 is 120 Å². The summed E-state index contributed by atoms with van der Waals surface area (Å²) < 4.78 is 49.8. The molecule has 0 amide bonds. The van der Waals surface area contributed by atoms with Gasteiger partial charge < -0.3 is 9.40 Å². The largest absolute Gasteiger partial charge is 0.501 e. The standard InChI is InChI=1S/C26H22NO.C17H22GeN.Ir/c1-26(2,3)16-17-11-12-27-23(13-17)21-10-6-9-20-22-14-18-7-4-5-8-19(18)15-24(22)28-25(20)21;1-13(2)15-11-17(14-9-7-6-8-10-14)19-12-16(15)18(3,4)5;/h4-9,11-15H,16H2,1-3H3;6-9,11-13H,1-5H3;/q2*-1;/i11D,12D,16D2;13D;. The van der Waals surface area contributed by atoms with Gasteiger partial charge in [-0.3, -0.25) is 0 Å². The van der Waals surface area contributed by atoms with E-state index < -0.39 is 30.9 Å². The Morgan fingerprint density at radius 1 is 0.875 bits per heavy atom. The molecular weight excluding hydrogens is 825 g/mol. The zero-order chi connectivity index (χ0) is 37.8. The number of fused-ring (bicyclic) bond motifs is 4. The van der Waals surface area contributed by atoms with E-state index in [-0.39, 0.29) is 37.9 Å². The van der Waals surface area contributed by atoms with Gasteiger partial charge in [-0.2, -0.15) is 0 Å². The van der Waals surface area contributed by atoms with Gasteiger partial charge in [0.1, 0.15) is 5.58 Å². The summed E-state index contributed by atoms with van der Waals surface area (Å²) in [6, 6.07) is 33.6. The topological polar surface area (TPSA) is 38.9 Å². The molecule has 0 aliphatic heterocycles. The third-order valence-corrected chi connectivity index (χ3v) is 12.2. The molecule has 0 bridgehead atoms. The summed E-state index contributed by atoms with van der Waals surface area (Å²) in [7, 11) is 0. The number of hydrogen-bond donors (Lipinski definition) is 0. The molecule has 7 aromatic rings. The van der Waals surface area contributed by atoms with E-state index in [1.807, 2.05) is 74.6 Å². The number of pyridine rings is 2. The van der Waals surface area contributed by atoms with Gasteiger partial charge in [-0.1, -0.05) is 67.6 Å². The Morgan fingerprint density at radius 3 is 2.27 bits per heavy atom. The van der Waals surface area contributed by atoms with Crippen LogP contribution < -0.4 is 4.40 Å². The van der Waals surface area contributed by atoms with Crippen molar-refractivity contribution in [2.45, 2.75) is 64.2 Å². The number of hydrogen-bond acceptors (Lipinski definition) is 3. The summed E-state index contributed by atoms with van der Waals surface area (Å²) in [5.74, 6) is 6.45. The predicted octanol–water partition coefficient (Wildman–Crippen LogP) is 11.4. The monoisotopic (exact) mass is 876 g/mol. The summed E-state index contributed by atoms with van der Waals surface area (Å²) >= 11 is -2.03. The van der Waals surface area contributed by atoms with Gasteiger partial charge in [-0.15, -0.1) is 18.2 Å². The van der Waals surface area contributed by atoms with Crippen LogP contribution in [0.1, 0.15) is 58.5 Å². The Morgan fingerprint density at radius 2 is 1.60 bits per heavy atom. The summed E-state index contributed by atoms with van der Waals surface area (Å²) in [5, 5.41) is 4.07. The molecule has 48 heavy (non-hydrogen) atoms. The number of nitrogens with zero attached hydrogens (tertiary/aromatic N) is 2. The van der Waals surface area contributed by atoms with Crippen molar-refractivity contribution in [1.29, 1.82) is 0 Å². The normalized spacial score (nSPS) is 13.9. The van der Waals surface area contributed by atoms with E-state index >= 15 is 0 Å². The Kier molecular flexibility index (Phi) is 8.87. The van der Waals surface area contributed by atoms with Crippen molar-refractivity contribution >= 4 is 50.4 Å². The van der Waals surface area contributed by atoms with Gasteiger partial charge in [0.25, 0.3) is 0 Å². The maximum Gasteiger partial charge on any atom is 0.121 e. The van der Waals surface area contributed by atoms with E-state index in [1.165, 1.54) is 4.40 Å². The molecule has 0 saturated heterocycles. The maximum absolute atomic E-state index is 8.65. The molecular formula is C43H44GeIrN2O-2. The number of rotatable bonds is 5. The smallest absolute Gasteiger partial charge is 0.121 e. The molecule has 0 fully saturated rings. The third-order valence-electron chi connectivity index (χ3n) is 7.95. The Hall–Kier alpha value is -3.57.